The zero-order valence-corrected chi connectivity index (χ0v) is 15.9. The number of hydrogen-bond acceptors (Lipinski definition) is 6. The van der Waals surface area contributed by atoms with Crippen molar-refractivity contribution in [3.05, 3.63) is 71.8 Å². The largest absolute Gasteiger partial charge is 0.334 e. The molecule has 144 valence electrons. The van der Waals surface area contributed by atoms with Gasteiger partial charge in [-0.1, -0.05) is 72.4 Å². The van der Waals surface area contributed by atoms with Crippen LogP contribution in [0, 0.1) is 0 Å². The predicted molar refractivity (Wildman–Crippen MR) is 106 cm³/mol. The number of imide groups is 1. The standard InChI is InChI=1S/C19H20N6O2S/c26-17(21-18(27)20-13-15-7-3-1-4-8-15)11-12-28-19-22-23-24-25(19)14-16-9-5-2-6-10-16/h1-10H,11-14H2,(H2,20,21,26,27). The summed E-state index contributed by atoms with van der Waals surface area (Å²) in [7, 11) is 0. The summed E-state index contributed by atoms with van der Waals surface area (Å²) < 4.78 is 1.68. The van der Waals surface area contributed by atoms with Crippen LogP contribution in [0.25, 0.3) is 0 Å². The summed E-state index contributed by atoms with van der Waals surface area (Å²) in [6.07, 6.45) is 0.182. The second-order valence-electron chi connectivity index (χ2n) is 5.92. The van der Waals surface area contributed by atoms with E-state index in [0.717, 1.165) is 11.1 Å². The van der Waals surface area contributed by atoms with Crippen molar-refractivity contribution >= 4 is 23.7 Å². The normalized spacial score (nSPS) is 10.4. The fraction of sp³-hybridized carbons (Fsp3) is 0.211. The van der Waals surface area contributed by atoms with Gasteiger partial charge < -0.3 is 5.32 Å². The first kappa shape index (κ1) is 19.6. The molecule has 0 spiro atoms. The summed E-state index contributed by atoms with van der Waals surface area (Å²) in [6.45, 7) is 0.924. The van der Waals surface area contributed by atoms with Crippen LogP contribution in [0.5, 0.6) is 0 Å². The Morgan fingerprint density at radius 3 is 2.36 bits per heavy atom. The third kappa shape index (κ3) is 6.20. The summed E-state index contributed by atoms with van der Waals surface area (Å²) in [4.78, 5) is 23.7. The van der Waals surface area contributed by atoms with E-state index < -0.39 is 6.03 Å². The van der Waals surface area contributed by atoms with E-state index in [1.165, 1.54) is 11.8 Å². The van der Waals surface area contributed by atoms with Gasteiger partial charge in [-0.15, -0.1) is 5.10 Å². The lowest BCUT2D eigenvalue weighted by Crippen LogP contribution is -2.39. The van der Waals surface area contributed by atoms with E-state index >= 15 is 0 Å². The minimum absolute atomic E-state index is 0.182. The molecule has 3 rings (SSSR count). The molecule has 28 heavy (non-hydrogen) atoms. The van der Waals surface area contributed by atoms with Crippen LogP contribution in [0.15, 0.2) is 65.8 Å². The molecule has 2 aromatic carbocycles. The molecule has 0 bridgehead atoms. The molecule has 1 heterocycles. The van der Waals surface area contributed by atoms with E-state index in [2.05, 4.69) is 26.2 Å². The van der Waals surface area contributed by atoms with Gasteiger partial charge in [-0.3, -0.25) is 10.1 Å². The number of urea groups is 1. The average molecular weight is 396 g/mol. The van der Waals surface area contributed by atoms with Crippen molar-refractivity contribution in [3.8, 4) is 0 Å². The zero-order valence-electron chi connectivity index (χ0n) is 15.1. The number of hydrogen-bond donors (Lipinski definition) is 2. The smallest absolute Gasteiger partial charge is 0.321 e. The van der Waals surface area contributed by atoms with Gasteiger partial charge >= 0.3 is 6.03 Å². The molecule has 0 radical (unpaired) electrons. The van der Waals surface area contributed by atoms with Crippen molar-refractivity contribution in [2.75, 3.05) is 5.75 Å². The maximum atomic E-state index is 11.9. The maximum Gasteiger partial charge on any atom is 0.321 e. The fourth-order valence-electron chi connectivity index (χ4n) is 2.40. The highest BCUT2D eigenvalue weighted by Crippen LogP contribution is 2.16. The van der Waals surface area contributed by atoms with Crippen molar-refractivity contribution in [1.29, 1.82) is 0 Å². The zero-order chi connectivity index (χ0) is 19.6. The van der Waals surface area contributed by atoms with Crippen LogP contribution in [0.3, 0.4) is 0 Å². The number of nitrogens with one attached hydrogen (secondary N) is 2. The van der Waals surface area contributed by atoms with E-state index in [4.69, 9.17) is 0 Å². The lowest BCUT2D eigenvalue weighted by atomic mass is 10.2. The third-order valence-corrected chi connectivity index (χ3v) is 4.74. The number of tetrazole rings is 1. The van der Waals surface area contributed by atoms with Gasteiger partial charge in [-0.2, -0.15) is 0 Å². The molecule has 0 aliphatic heterocycles. The Bertz CT molecular complexity index is 901. The highest BCUT2D eigenvalue weighted by Gasteiger charge is 2.11. The van der Waals surface area contributed by atoms with Gasteiger partial charge in [0.2, 0.25) is 11.1 Å². The average Bonchev–Trinajstić information content (AvgIpc) is 3.15. The lowest BCUT2D eigenvalue weighted by molar-refractivity contribution is -0.119. The Hall–Kier alpha value is -3.20. The number of carbonyl (C=O) groups excluding carboxylic acids is 2. The van der Waals surface area contributed by atoms with Gasteiger partial charge in [0.15, 0.2) is 0 Å². The first-order chi connectivity index (χ1) is 13.7. The molecule has 8 nitrogen and oxygen atoms in total. The number of nitrogens with zero attached hydrogens (tertiary/aromatic N) is 4. The Morgan fingerprint density at radius 2 is 1.64 bits per heavy atom. The number of carbonyl (C=O) groups is 2. The Kier molecular flexibility index (Phi) is 7.14. The number of rotatable bonds is 8. The van der Waals surface area contributed by atoms with Crippen molar-refractivity contribution in [2.45, 2.75) is 24.7 Å². The van der Waals surface area contributed by atoms with Crippen molar-refractivity contribution < 1.29 is 9.59 Å². The van der Waals surface area contributed by atoms with E-state index in [1.54, 1.807) is 4.68 Å². The van der Waals surface area contributed by atoms with Gasteiger partial charge in [-0.25, -0.2) is 9.48 Å². The van der Waals surface area contributed by atoms with Crippen molar-refractivity contribution in [2.24, 2.45) is 0 Å². The molecule has 1 aromatic heterocycles. The number of thioether (sulfide) groups is 1. The van der Waals surface area contributed by atoms with Gasteiger partial charge in [0.1, 0.15) is 0 Å². The Morgan fingerprint density at radius 1 is 0.964 bits per heavy atom. The molecular formula is C19H20N6O2S. The van der Waals surface area contributed by atoms with Crippen molar-refractivity contribution in [3.63, 3.8) is 0 Å². The molecule has 0 saturated carbocycles. The van der Waals surface area contributed by atoms with E-state index in [9.17, 15) is 9.59 Å². The number of aromatic nitrogens is 4. The monoisotopic (exact) mass is 396 g/mol. The maximum absolute atomic E-state index is 11.9. The first-order valence-electron chi connectivity index (χ1n) is 8.75. The molecule has 3 amide bonds. The molecule has 0 saturated heterocycles. The molecule has 0 fully saturated rings. The van der Waals surface area contributed by atoms with Crippen LogP contribution >= 0.6 is 11.8 Å². The van der Waals surface area contributed by atoms with Crippen LogP contribution in [0.1, 0.15) is 17.5 Å². The third-order valence-electron chi connectivity index (χ3n) is 3.78. The molecule has 0 aliphatic carbocycles. The molecule has 9 heteroatoms. The van der Waals surface area contributed by atoms with E-state index in [0.29, 0.717) is 24.0 Å². The SMILES string of the molecule is O=C(CCSc1nnnn1Cc1ccccc1)NC(=O)NCc1ccccc1. The van der Waals surface area contributed by atoms with Crippen LogP contribution in [-0.2, 0) is 17.9 Å². The molecule has 0 atom stereocenters. The summed E-state index contributed by atoms with van der Waals surface area (Å²) in [5.41, 5.74) is 2.05. The highest BCUT2D eigenvalue weighted by atomic mass is 32.2. The number of benzene rings is 2. The summed E-state index contributed by atoms with van der Waals surface area (Å²) >= 11 is 1.37. The first-order valence-corrected chi connectivity index (χ1v) is 9.74. The van der Waals surface area contributed by atoms with Gasteiger partial charge in [0.05, 0.1) is 6.54 Å². The minimum atomic E-state index is -0.507. The quantitative estimate of drug-likeness (QED) is 0.566. The molecule has 3 aromatic rings. The molecular weight excluding hydrogens is 376 g/mol. The van der Waals surface area contributed by atoms with E-state index in [1.807, 2.05) is 60.7 Å². The molecule has 0 unspecified atom stereocenters. The van der Waals surface area contributed by atoms with E-state index in [-0.39, 0.29) is 12.3 Å². The Balaban J connectivity index is 1.38. The topological polar surface area (TPSA) is 102 Å². The summed E-state index contributed by atoms with van der Waals surface area (Å²) in [5.74, 6) is 0.118. The predicted octanol–water partition coefficient (Wildman–Crippen LogP) is 2.23. The van der Waals surface area contributed by atoms with Crippen LogP contribution in [0.4, 0.5) is 4.79 Å². The van der Waals surface area contributed by atoms with Gasteiger partial charge in [-0.05, 0) is 21.6 Å². The van der Waals surface area contributed by atoms with Crippen LogP contribution in [0.2, 0.25) is 0 Å². The second-order valence-corrected chi connectivity index (χ2v) is 6.98. The second kappa shape index (κ2) is 10.2. The van der Waals surface area contributed by atoms with Gasteiger partial charge in [0.25, 0.3) is 0 Å². The van der Waals surface area contributed by atoms with Gasteiger partial charge in [0, 0.05) is 18.7 Å². The van der Waals surface area contributed by atoms with Crippen molar-refractivity contribution in [1.82, 2.24) is 30.8 Å². The minimum Gasteiger partial charge on any atom is -0.334 e. The highest BCUT2D eigenvalue weighted by molar-refractivity contribution is 7.99. The van der Waals surface area contributed by atoms with Crippen LogP contribution < -0.4 is 10.6 Å². The summed E-state index contributed by atoms with van der Waals surface area (Å²) in [5, 5.41) is 17.3. The van der Waals surface area contributed by atoms with Crippen LogP contribution in [-0.4, -0.2) is 37.9 Å². The Labute approximate surface area is 166 Å². The summed E-state index contributed by atoms with van der Waals surface area (Å²) in [6, 6.07) is 18.8. The molecule has 0 aliphatic rings. The lowest BCUT2D eigenvalue weighted by Gasteiger charge is -2.07. The molecule has 2 N–H and O–H groups in total. The fourth-order valence-corrected chi connectivity index (χ4v) is 3.22. The number of amides is 3.